The number of anilines is 1. The standard InChI is InChI=1S/C12H17N3O/c1-6-7-16-12-9(4)11(13-5)14-10(15-12)8(2)3/h1,8H,7H2,2-5H3,(H,13,14,15). The molecule has 0 aromatic carbocycles. The van der Waals surface area contributed by atoms with Crippen molar-refractivity contribution >= 4 is 5.82 Å². The molecule has 0 aliphatic heterocycles. The highest BCUT2D eigenvalue weighted by Gasteiger charge is 2.12. The highest BCUT2D eigenvalue weighted by Crippen LogP contribution is 2.24. The summed E-state index contributed by atoms with van der Waals surface area (Å²) < 4.78 is 5.39. The molecular formula is C12H17N3O. The molecule has 4 nitrogen and oxygen atoms in total. The first-order chi connectivity index (χ1) is 7.60. The first-order valence-corrected chi connectivity index (χ1v) is 5.22. The second-order valence-corrected chi connectivity index (χ2v) is 3.76. The van der Waals surface area contributed by atoms with Crippen molar-refractivity contribution in [3.63, 3.8) is 0 Å². The molecule has 0 saturated heterocycles. The highest BCUT2D eigenvalue weighted by molar-refractivity contribution is 5.48. The molecule has 0 bridgehead atoms. The summed E-state index contributed by atoms with van der Waals surface area (Å²) in [4.78, 5) is 8.75. The van der Waals surface area contributed by atoms with Crippen molar-refractivity contribution in [3.8, 4) is 18.2 Å². The maximum absolute atomic E-state index is 5.39. The SMILES string of the molecule is C#CCOc1nc(C(C)C)nc(NC)c1C. The van der Waals surface area contributed by atoms with Gasteiger partial charge in [-0.2, -0.15) is 4.98 Å². The largest absolute Gasteiger partial charge is 0.464 e. The van der Waals surface area contributed by atoms with E-state index in [2.05, 4.69) is 21.2 Å². The van der Waals surface area contributed by atoms with Gasteiger partial charge in [0.25, 0.3) is 0 Å². The van der Waals surface area contributed by atoms with E-state index >= 15 is 0 Å². The Kier molecular flexibility index (Phi) is 4.12. The van der Waals surface area contributed by atoms with Crippen LogP contribution in [0.1, 0.15) is 31.2 Å². The molecule has 0 spiro atoms. The first kappa shape index (κ1) is 12.3. The van der Waals surface area contributed by atoms with Crippen molar-refractivity contribution in [1.82, 2.24) is 9.97 Å². The Labute approximate surface area is 96.5 Å². The van der Waals surface area contributed by atoms with Crippen molar-refractivity contribution in [1.29, 1.82) is 0 Å². The van der Waals surface area contributed by atoms with E-state index in [-0.39, 0.29) is 12.5 Å². The quantitative estimate of drug-likeness (QED) is 0.786. The zero-order chi connectivity index (χ0) is 12.1. The number of aromatic nitrogens is 2. The van der Waals surface area contributed by atoms with E-state index in [1.54, 1.807) is 0 Å². The van der Waals surface area contributed by atoms with E-state index in [0.29, 0.717) is 5.88 Å². The van der Waals surface area contributed by atoms with Crippen LogP contribution in [-0.2, 0) is 0 Å². The Hall–Kier alpha value is -1.76. The fraction of sp³-hybridized carbons (Fsp3) is 0.500. The number of nitrogens with zero attached hydrogens (tertiary/aromatic N) is 2. The summed E-state index contributed by atoms with van der Waals surface area (Å²) in [6, 6.07) is 0. The fourth-order valence-electron chi connectivity index (χ4n) is 1.26. The second-order valence-electron chi connectivity index (χ2n) is 3.76. The average Bonchev–Trinajstić information content (AvgIpc) is 2.27. The lowest BCUT2D eigenvalue weighted by Gasteiger charge is -2.13. The summed E-state index contributed by atoms with van der Waals surface area (Å²) in [5, 5.41) is 3.02. The van der Waals surface area contributed by atoms with Crippen LogP contribution >= 0.6 is 0 Å². The Morgan fingerprint density at radius 3 is 2.62 bits per heavy atom. The van der Waals surface area contributed by atoms with Gasteiger partial charge in [0, 0.05) is 13.0 Å². The van der Waals surface area contributed by atoms with Gasteiger partial charge in [-0.25, -0.2) is 4.98 Å². The summed E-state index contributed by atoms with van der Waals surface area (Å²) in [6.07, 6.45) is 5.16. The summed E-state index contributed by atoms with van der Waals surface area (Å²) in [7, 11) is 1.82. The molecule has 0 amide bonds. The Bertz CT molecular complexity index is 407. The number of hydrogen-bond donors (Lipinski definition) is 1. The minimum Gasteiger partial charge on any atom is -0.464 e. The summed E-state index contributed by atoms with van der Waals surface area (Å²) >= 11 is 0. The first-order valence-electron chi connectivity index (χ1n) is 5.22. The number of rotatable bonds is 4. The van der Waals surface area contributed by atoms with E-state index in [9.17, 15) is 0 Å². The third-order valence-electron chi connectivity index (χ3n) is 2.16. The summed E-state index contributed by atoms with van der Waals surface area (Å²) in [5.41, 5.74) is 0.877. The van der Waals surface area contributed by atoms with Gasteiger partial charge in [-0.1, -0.05) is 19.8 Å². The lowest BCUT2D eigenvalue weighted by atomic mass is 10.2. The Morgan fingerprint density at radius 2 is 2.12 bits per heavy atom. The maximum Gasteiger partial charge on any atom is 0.222 e. The Morgan fingerprint density at radius 1 is 1.44 bits per heavy atom. The van der Waals surface area contributed by atoms with Gasteiger partial charge in [0.05, 0.1) is 5.56 Å². The summed E-state index contributed by atoms with van der Waals surface area (Å²) in [6.45, 7) is 6.20. The highest BCUT2D eigenvalue weighted by atomic mass is 16.5. The van der Waals surface area contributed by atoms with Crippen molar-refractivity contribution in [2.75, 3.05) is 19.0 Å². The monoisotopic (exact) mass is 219 g/mol. The molecule has 1 aromatic heterocycles. The van der Waals surface area contributed by atoms with Gasteiger partial charge in [-0.05, 0) is 6.92 Å². The molecule has 0 radical (unpaired) electrons. The molecule has 4 heteroatoms. The van der Waals surface area contributed by atoms with Crippen LogP contribution in [0, 0.1) is 19.3 Å². The van der Waals surface area contributed by atoms with Crippen molar-refractivity contribution in [3.05, 3.63) is 11.4 Å². The number of nitrogens with one attached hydrogen (secondary N) is 1. The average molecular weight is 219 g/mol. The molecule has 1 rings (SSSR count). The molecule has 0 aliphatic carbocycles. The molecule has 16 heavy (non-hydrogen) atoms. The molecular weight excluding hydrogens is 202 g/mol. The topological polar surface area (TPSA) is 47.0 Å². The van der Waals surface area contributed by atoms with E-state index in [0.717, 1.165) is 17.2 Å². The van der Waals surface area contributed by atoms with Crippen LogP contribution in [0.3, 0.4) is 0 Å². The fourth-order valence-corrected chi connectivity index (χ4v) is 1.26. The predicted molar refractivity (Wildman–Crippen MR) is 64.7 cm³/mol. The van der Waals surface area contributed by atoms with Gasteiger partial charge < -0.3 is 10.1 Å². The lowest BCUT2D eigenvalue weighted by Crippen LogP contribution is -2.08. The maximum atomic E-state index is 5.39. The minimum atomic E-state index is 0.221. The van der Waals surface area contributed by atoms with Crippen molar-refractivity contribution < 1.29 is 4.74 Å². The van der Waals surface area contributed by atoms with Gasteiger partial charge in [0.15, 0.2) is 6.61 Å². The van der Waals surface area contributed by atoms with Crippen molar-refractivity contribution in [2.45, 2.75) is 26.7 Å². The number of ether oxygens (including phenoxy) is 1. The van der Waals surface area contributed by atoms with Crippen LogP contribution in [0.5, 0.6) is 5.88 Å². The smallest absolute Gasteiger partial charge is 0.222 e. The molecule has 86 valence electrons. The molecule has 1 heterocycles. The van der Waals surface area contributed by atoms with Gasteiger partial charge in [0.2, 0.25) is 5.88 Å². The third kappa shape index (κ3) is 2.63. The lowest BCUT2D eigenvalue weighted by molar-refractivity contribution is 0.350. The number of terminal acetylenes is 1. The number of hydrogen-bond acceptors (Lipinski definition) is 4. The van der Waals surface area contributed by atoms with Crippen molar-refractivity contribution in [2.24, 2.45) is 0 Å². The zero-order valence-electron chi connectivity index (χ0n) is 10.2. The molecule has 0 fully saturated rings. The molecule has 1 N–H and O–H groups in total. The van der Waals surface area contributed by atoms with Gasteiger partial charge in [-0.3, -0.25) is 0 Å². The van der Waals surface area contributed by atoms with Crippen LogP contribution in [-0.4, -0.2) is 23.6 Å². The minimum absolute atomic E-state index is 0.221. The second kappa shape index (κ2) is 5.36. The van der Waals surface area contributed by atoms with Crippen LogP contribution in [0.2, 0.25) is 0 Å². The van der Waals surface area contributed by atoms with Crippen LogP contribution in [0.4, 0.5) is 5.82 Å². The molecule has 0 saturated carbocycles. The molecule has 1 aromatic rings. The van der Waals surface area contributed by atoms with Crippen LogP contribution in [0.15, 0.2) is 0 Å². The normalized spacial score (nSPS) is 10.0. The predicted octanol–water partition coefficient (Wildman–Crippen LogP) is 1.96. The van der Waals surface area contributed by atoms with Gasteiger partial charge >= 0.3 is 0 Å². The Balaban J connectivity index is 3.14. The zero-order valence-corrected chi connectivity index (χ0v) is 10.2. The summed E-state index contributed by atoms with van der Waals surface area (Å²) in [5.74, 6) is 4.77. The van der Waals surface area contributed by atoms with Gasteiger partial charge in [0.1, 0.15) is 11.6 Å². The third-order valence-corrected chi connectivity index (χ3v) is 2.16. The van der Waals surface area contributed by atoms with Crippen LogP contribution < -0.4 is 10.1 Å². The van der Waals surface area contributed by atoms with E-state index in [1.807, 2.05) is 27.8 Å². The molecule has 0 atom stereocenters. The van der Waals surface area contributed by atoms with E-state index in [4.69, 9.17) is 11.2 Å². The van der Waals surface area contributed by atoms with E-state index in [1.165, 1.54) is 0 Å². The van der Waals surface area contributed by atoms with E-state index < -0.39 is 0 Å². The van der Waals surface area contributed by atoms with Crippen LogP contribution in [0.25, 0.3) is 0 Å². The van der Waals surface area contributed by atoms with Gasteiger partial charge in [-0.15, -0.1) is 6.42 Å². The molecule has 0 aliphatic rings. The molecule has 0 unspecified atom stereocenters.